The lowest BCUT2D eigenvalue weighted by Crippen LogP contribution is -2.35. The molecule has 2 nitrogen and oxygen atoms in total. The minimum absolute atomic E-state index is 0.470. The molecule has 0 spiro atoms. The van der Waals surface area contributed by atoms with E-state index in [4.69, 9.17) is 0 Å². The van der Waals surface area contributed by atoms with Gasteiger partial charge in [0.1, 0.15) is 0 Å². The van der Waals surface area contributed by atoms with Crippen molar-refractivity contribution in [2.45, 2.75) is 18.4 Å². The summed E-state index contributed by atoms with van der Waals surface area (Å²) in [5, 5.41) is 9.65. The summed E-state index contributed by atoms with van der Waals surface area (Å²) in [5.74, 6) is 0. The van der Waals surface area contributed by atoms with Gasteiger partial charge in [0.2, 0.25) is 5.69 Å². The van der Waals surface area contributed by atoms with Crippen LogP contribution in [0.3, 0.4) is 0 Å². The number of hydrogen-bond donors (Lipinski definition) is 0. The van der Waals surface area contributed by atoms with Gasteiger partial charge in [-0.25, -0.2) is 4.57 Å². The molecule has 0 aliphatic carbocycles. The van der Waals surface area contributed by atoms with Crippen LogP contribution in [-0.2, 0) is 12.0 Å². The Kier molecular flexibility index (Phi) is 2.19. The van der Waals surface area contributed by atoms with Gasteiger partial charge in [-0.15, -0.1) is 0 Å². The summed E-state index contributed by atoms with van der Waals surface area (Å²) in [6, 6.07) is 18.7. The average molecular weight is 221 g/mol. The van der Waals surface area contributed by atoms with Gasteiger partial charge in [0, 0.05) is 18.6 Å². The van der Waals surface area contributed by atoms with Crippen molar-refractivity contribution in [1.82, 2.24) is 0 Å². The third-order valence-corrected chi connectivity index (χ3v) is 3.56. The van der Waals surface area contributed by atoms with Crippen LogP contribution in [0.15, 0.2) is 54.7 Å². The molecule has 0 fully saturated rings. The van der Waals surface area contributed by atoms with Crippen molar-refractivity contribution >= 4 is 0 Å². The predicted molar refractivity (Wildman–Crippen MR) is 64.1 cm³/mol. The van der Waals surface area contributed by atoms with Crippen LogP contribution in [0.1, 0.15) is 17.7 Å². The van der Waals surface area contributed by atoms with E-state index in [0.717, 1.165) is 24.2 Å². The molecule has 2 aromatic rings. The minimum atomic E-state index is -0.470. The zero-order valence-corrected chi connectivity index (χ0v) is 9.50. The van der Waals surface area contributed by atoms with Crippen LogP contribution in [0.25, 0.3) is 0 Å². The van der Waals surface area contributed by atoms with E-state index in [0.29, 0.717) is 0 Å². The monoisotopic (exact) mass is 221 g/mol. The highest BCUT2D eigenvalue weighted by atomic mass is 15.0. The summed E-state index contributed by atoms with van der Waals surface area (Å²) in [7, 11) is 0. The molecule has 1 aromatic heterocycles. The van der Waals surface area contributed by atoms with Crippen LogP contribution in [0.5, 0.6) is 0 Å². The van der Waals surface area contributed by atoms with Crippen molar-refractivity contribution in [3.63, 3.8) is 0 Å². The van der Waals surface area contributed by atoms with Crippen molar-refractivity contribution in [3.05, 3.63) is 66.0 Å². The van der Waals surface area contributed by atoms with Crippen molar-refractivity contribution in [3.8, 4) is 6.07 Å². The lowest BCUT2D eigenvalue weighted by Gasteiger charge is -2.16. The number of rotatable bonds is 1. The molecular weight excluding hydrogens is 208 g/mol. The lowest BCUT2D eigenvalue weighted by atomic mass is 9.78. The molecule has 2 heteroatoms. The van der Waals surface area contributed by atoms with Crippen molar-refractivity contribution < 1.29 is 4.57 Å². The smallest absolute Gasteiger partial charge is 0.201 e. The van der Waals surface area contributed by atoms with E-state index in [1.807, 2.05) is 42.5 Å². The number of hydrogen-bond acceptors (Lipinski definition) is 1. The van der Waals surface area contributed by atoms with E-state index < -0.39 is 5.41 Å². The molecule has 82 valence electrons. The van der Waals surface area contributed by atoms with Crippen LogP contribution in [0.2, 0.25) is 0 Å². The molecular formula is C15H13N2+. The fourth-order valence-electron chi connectivity index (χ4n) is 2.67. The van der Waals surface area contributed by atoms with Gasteiger partial charge in [0.15, 0.2) is 18.2 Å². The topological polar surface area (TPSA) is 27.7 Å². The first kappa shape index (κ1) is 10.0. The molecule has 0 amide bonds. The second-order valence-electron chi connectivity index (χ2n) is 4.41. The van der Waals surface area contributed by atoms with E-state index in [1.54, 1.807) is 0 Å². The molecule has 0 bridgehead atoms. The van der Waals surface area contributed by atoms with Crippen molar-refractivity contribution in [2.75, 3.05) is 0 Å². The summed E-state index contributed by atoms with van der Waals surface area (Å²) in [6.45, 7) is 0.915. The number of benzene rings is 1. The lowest BCUT2D eigenvalue weighted by molar-refractivity contribution is -0.691. The largest absolute Gasteiger partial charge is 0.206 e. The van der Waals surface area contributed by atoms with Crippen LogP contribution in [-0.4, -0.2) is 0 Å². The fourth-order valence-corrected chi connectivity index (χ4v) is 2.67. The Balaban J connectivity index is 2.23. The number of nitriles is 1. The van der Waals surface area contributed by atoms with Gasteiger partial charge in [-0.3, -0.25) is 0 Å². The molecule has 3 rings (SSSR count). The molecule has 1 aliphatic heterocycles. The molecule has 1 aliphatic rings. The molecule has 0 saturated heterocycles. The quantitative estimate of drug-likeness (QED) is 0.678. The maximum atomic E-state index is 9.65. The summed E-state index contributed by atoms with van der Waals surface area (Å²) in [5.41, 5.74) is 1.73. The Morgan fingerprint density at radius 1 is 1.06 bits per heavy atom. The second-order valence-corrected chi connectivity index (χ2v) is 4.41. The summed E-state index contributed by atoms with van der Waals surface area (Å²) in [4.78, 5) is 0. The van der Waals surface area contributed by atoms with Crippen LogP contribution in [0, 0.1) is 11.3 Å². The van der Waals surface area contributed by atoms with Crippen molar-refractivity contribution in [1.29, 1.82) is 5.26 Å². The molecule has 1 aromatic carbocycles. The number of fused-ring (bicyclic) bond motifs is 1. The third kappa shape index (κ3) is 1.36. The van der Waals surface area contributed by atoms with Crippen molar-refractivity contribution in [2.24, 2.45) is 0 Å². The Bertz CT molecular complexity index is 583. The molecule has 2 heterocycles. The van der Waals surface area contributed by atoms with E-state index in [2.05, 4.69) is 22.9 Å². The molecule has 1 atom stereocenters. The molecule has 17 heavy (non-hydrogen) atoms. The third-order valence-electron chi connectivity index (χ3n) is 3.56. The maximum Gasteiger partial charge on any atom is 0.206 e. The molecule has 0 saturated carbocycles. The summed E-state index contributed by atoms with van der Waals surface area (Å²) >= 11 is 0. The van der Waals surface area contributed by atoms with Gasteiger partial charge in [-0.1, -0.05) is 36.4 Å². The first-order valence-corrected chi connectivity index (χ1v) is 5.82. The number of aryl methyl sites for hydroxylation is 1. The van der Waals surface area contributed by atoms with Gasteiger partial charge < -0.3 is 0 Å². The Labute approximate surface area is 101 Å². The molecule has 1 unspecified atom stereocenters. The highest BCUT2D eigenvalue weighted by molar-refractivity contribution is 5.41. The maximum absolute atomic E-state index is 9.65. The summed E-state index contributed by atoms with van der Waals surface area (Å²) < 4.78 is 2.18. The Morgan fingerprint density at radius 2 is 1.82 bits per heavy atom. The number of pyridine rings is 1. The zero-order valence-electron chi connectivity index (χ0n) is 9.50. The van der Waals surface area contributed by atoms with Crippen LogP contribution in [0.4, 0.5) is 0 Å². The predicted octanol–water partition coefficient (Wildman–Crippen LogP) is 2.19. The first-order chi connectivity index (χ1) is 8.37. The number of nitrogens with zero attached hydrogens (tertiary/aromatic N) is 2. The molecule has 0 N–H and O–H groups in total. The Morgan fingerprint density at radius 3 is 2.59 bits per heavy atom. The standard InChI is InChI=1S/C15H13N2/c16-12-15(13-6-2-1-3-7-13)9-11-17-10-5-4-8-14(15)17/h1-8,10H,9,11H2/q+1. The zero-order chi connectivity index (χ0) is 11.7. The fraction of sp³-hybridized carbons (Fsp3) is 0.200. The highest BCUT2D eigenvalue weighted by Gasteiger charge is 2.47. The highest BCUT2D eigenvalue weighted by Crippen LogP contribution is 2.36. The van der Waals surface area contributed by atoms with Gasteiger partial charge in [-0.2, -0.15) is 5.26 Å². The second kappa shape index (κ2) is 3.71. The number of aromatic nitrogens is 1. The van der Waals surface area contributed by atoms with E-state index in [-0.39, 0.29) is 0 Å². The first-order valence-electron chi connectivity index (χ1n) is 5.82. The van der Waals surface area contributed by atoms with E-state index >= 15 is 0 Å². The van der Waals surface area contributed by atoms with Gasteiger partial charge in [-0.05, 0) is 5.56 Å². The van der Waals surface area contributed by atoms with Gasteiger partial charge >= 0.3 is 0 Å². The normalized spacial score (nSPS) is 21.8. The Hall–Kier alpha value is -2.14. The molecule has 0 radical (unpaired) electrons. The van der Waals surface area contributed by atoms with Crippen LogP contribution >= 0.6 is 0 Å². The van der Waals surface area contributed by atoms with Crippen LogP contribution < -0.4 is 4.57 Å². The minimum Gasteiger partial charge on any atom is -0.201 e. The summed E-state index contributed by atoms with van der Waals surface area (Å²) in [6.07, 6.45) is 2.91. The van der Waals surface area contributed by atoms with Gasteiger partial charge in [0.05, 0.1) is 6.07 Å². The van der Waals surface area contributed by atoms with E-state index in [1.165, 1.54) is 0 Å². The average Bonchev–Trinajstić information content (AvgIpc) is 2.80. The van der Waals surface area contributed by atoms with Gasteiger partial charge in [0.25, 0.3) is 0 Å². The SMILES string of the molecule is N#CC1(c2ccccc2)CC[n+]2ccccc21. The van der Waals surface area contributed by atoms with E-state index in [9.17, 15) is 5.26 Å².